The van der Waals surface area contributed by atoms with E-state index in [9.17, 15) is 4.79 Å². The standard InChI is InChI=1S/C30H36N8O3/c1-23-26(6-5-25-20-33-29(34-21-25)31-7-8-37-9-13-40-14-10-37)18-27(22-32-23)36-30(39)35-19-24-3-2-4-28(17-24)38-11-15-41-16-12-38/h2-4,17-18,20-22H,7-16,19H2,1H3,(H,31,33,34)(H2,35,36,39). The first-order valence-corrected chi connectivity index (χ1v) is 13.9. The Labute approximate surface area is 240 Å². The lowest BCUT2D eigenvalue weighted by molar-refractivity contribution is 0.0398. The summed E-state index contributed by atoms with van der Waals surface area (Å²) in [5.41, 5.74) is 4.91. The summed E-state index contributed by atoms with van der Waals surface area (Å²) in [6.45, 7) is 10.7. The Kier molecular flexibility index (Phi) is 9.94. The monoisotopic (exact) mass is 556 g/mol. The van der Waals surface area contributed by atoms with Crippen molar-refractivity contribution in [1.29, 1.82) is 0 Å². The number of amides is 2. The minimum Gasteiger partial charge on any atom is -0.379 e. The van der Waals surface area contributed by atoms with E-state index in [1.165, 1.54) is 0 Å². The summed E-state index contributed by atoms with van der Waals surface area (Å²) in [7, 11) is 0. The van der Waals surface area contributed by atoms with E-state index in [1.807, 2.05) is 25.1 Å². The molecule has 2 aliphatic heterocycles. The Hall–Kier alpha value is -4.24. The number of anilines is 3. The van der Waals surface area contributed by atoms with Crippen LogP contribution in [0.15, 0.2) is 48.9 Å². The van der Waals surface area contributed by atoms with Gasteiger partial charge in [0.25, 0.3) is 0 Å². The van der Waals surface area contributed by atoms with E-state index < -0.39 is 0 Å². The van der Waals surface area contributed by atoms with Gasteiger partial charge in [0.05, 0.1) is 49.6 Å². The molecular weight excluding hydrogens is 520 g/mol. The van der Waals surface area contributed by atoms with E-state index in [0.29, 0.717) is 29.3 Å². The maximum Gasteiger partial charge on any atom is 0.319 e. The van der Waals surface area contributed by atoms with Crippen LogP contribution in [-0.2, 0) is 16.0 Å². The third-order valence-electron chi connectivity index (χ3n) is 6.89. The van der Waals surface area contributed by atoms with Crippen molar-refractivity contribution >= 4 is 23.4 Å². The fourth-order valence-corrected chi connectivity index (χ4v) is 4.54. The predicted molar refractivity (Wildman–Crippen MR) is 158 cm³/mol. The van der Waals surface area contributed by atoms with E-state index in [1.54, 1.807) is 18.6 Å². The molecule has 0 atom stereocenters. The quantitative estimate of drug-likeness (QED) is 0.360. The van der Waals surface area contributed by atoms with Crippen molar-refractivity contribution in [3.05, 3.63) is 71.3 Å². The molecule has 5 rings (SSSR count). The Morgan fingerprint density at radius 3 is 2.49 bits per heavy atom. The number of rotatable bonds is 8. The van der Waals surface area contributed by atoms with E-state index in [2.05, 4.69) is 64.7 Å². The molecule has 4 heterocycles. The van der Waals surface area contributed by atoms with Crippen molar-refractivity contribution in [2.75, 3.05) is 81.2 Å². The summed E-state index contributed by atoms with van der Waals surface area (Å²) in [4.78, 5) is 30.4. The van der Waals surface area contributed by atoms with Gasteiger partial charge in [0, 0.05) is 69.5 Å². The zero-order chi connectivity index (χ0) is 28.3. The number of pyridine rings is 1. The first kappa shape index (κ1) is 28.3. The molecule has 2 amide bonds. The number of hydrogen-bond donors (Lipinski definition) is 3. The average molecular weight is 557 g/mol. The molecule has 0 aliphatic carbocycles. The van der Waals surface area contributed by atoms with Gasteiger partial charge in [-0.15, -0.1) is 0 Å². The highest BCUT2D eigenvalue weighted by molar-refractivity contribution is 5.89. The number of aromatic nitrogens is 3. The highest BCUT2D eigenvalue weighted by atomic mass is 16.5. The van der Waals surface area contributed by atoms with Gasteiger partial charge in [0.1, 0.15) is 0 Å². The van der Waals surface area contributed by atoms with Crippen LogP contribution in [0.4, 0.5) is 22.1 Å². The topological polar surface area (TPSA) is 117 Å². The van der Waals surface area contributed by atoms with Crippen molar-refractivity contribution < 1.29 is 14.3 Å². The second-order valence-corrected chi connectivity index (χ2v) is 9.86. The van der Waals surface area contributed by atoms with Crippen LogP contribution in [0.2, 0.25) is 0 Å². The van der Waals surface area contributed by atoms with Crippen LogP contribution >= 0.6 is 0 Å². The largest absolute Gasteiger partial charge is 0.379 e. The summed E-state index contributed by atoms with van der Waals surface area (Å²) in [5.74, 6) is 6.79. The van der Waals surface area contributed by atoms with Crippen LogP contribution in [0.1, 0.15) is 22.4 Å². The van der Waals surface area contributed by atoms with Gasteiger partial charge in [0.2, 0.25) is 5.95 Å². The van der Waals surface area contributed by atoms with Gasteiger partial charge in [-0.2, -0.15) is 0 Å². The fraction of sp³-hybridized carbons (Fsp3) is 0.400. The Balaban J connectivity index is 1.11. The highest BCUT2D eigenvalue weighted by Gasteiger charge is 2.12. The van der Waals surface area contributed by atoms with E-state index in [-0.39, 0.29) is 6.03 Å². The summed E-state index contributed by atoms with van der Waals surface area (Å²) in [6.07, 6.45) is 5.02. The van der Waals surface area contributed by atoms with E-state index >= 15 is 0 Å². The predicted octanol–water partition coefficient (Wildman–Crippen LogP) is 2.48. The van der Waals surface area contributed by atoms with Crippen LogP contribution in [-0.4, -0.2) is 91.6 Å². The fourth-order valence-electron chi connectivity index (χ4n) is 4.54. The molecule has 2 fully saturated rings. The van der Waals surface area contributed by atoms with Crippen molar-refractivity contribution in [3.63, 3.8) is 0 Å². The number of carbonyl (C=O) groups is 1. The van der Waals surface area contributed by atoms with Gasteiger partial charge in [-0.1, -0.05) is 24.0 Å². The van der Waals surface area contributed by atoms with Gasteiger partial charge >= 0.3 is 6.03 Å². The third kappa shape index (κ3) is 8.62. The Morgan fingerprint density at radius 1 is 0.951 bits per heavy atom. The zero-order valence-electron chi connectivity index (χ0n) is 23.4. The molecule has 0 radical (unpaired) electrons. The second kappa shape index (κ2) is 14.4. The number of carbonyl (C=O) groups excluding carboxylic acids is 1. The molecule has 2 aromatic heterocycles. The number of urea groups is 1. The average Bonchev–Trinajstić information content (AvgIpc) is 3.02. The van der Waals surface area contributed by atoms with E-state index in [4.69, 9.17) is 9.47 Å². The first-order chi connectivity index (χ1) is 20.1. The molecule has 1 aromatic carbocycles. The molecule has 3 aromatic rings. The Morgan fingerprint density at radius 2 is 1.71 bits per heavy atom. The molecule has 214 valence electrons. The molecule has 0 saturated carbocycles. The minimum absolute atomic E-state index is 0.309. The van der Waals surface area contributed by atoms with Crippen LogP contribution in [0.25, 0.3) is 0 Å². The lowest BCUT2D eigenvalue weighted by Gasteiger charge is -2.29. The van der Waals surface area contributed by atoms with Gasteiger partial charge in [-0.3, -0.25) is 9.88 Å². The lowest BCUT2D eigenvalue weighted by Crippen LogP contribution is -2.39. The summed E-state index contributed by atoms with van der Waals surface area (Å²) >= 11 is 0. The maximum atomic E-state index is 12.6. The minimum atomic E-state index is -0.309. The summed E-state index contributed by atoms with van der Waals surface area (Å²) < 4.78 is 10.8. The number of benzene rings is 1. The van der Waals surface area contributed by atoms with Crippen molar-refractivity contribution in [2.45, 2.75) is 13.5 Å². The summed E-state index contributed by atoms with van der Waals surface area (Å²) in [5, 5.41) is 9.03. The van der Waals surface area contributed by atoms with Gasteiger partial charge < -0.3 is 30.3 Å². The molecule has 41 heavy (non-hydrogen) atoms. The van der Waals surface area contributed by atoms with Crippen molar-refractivity contribution in [2.24, 2.45) is 0 Å². The zero-order valence-corrected chi connectivity index (χ0v) is 23.4. The molecule has 2 aliphatic rings. The molecule has 0 unspecified atom stereocenters. The van der Waals surface area contributed by atoms with Gasteiger partial charge in [0.15, 0.2) is 0 Å². The van der Waals surface area contributed by atoms with Crippen molar-refractivity contribution in [1.82, 2.24) is 25.2 Å². The maximum absolute atomic E-state index is 12.6. The lowest BCUT2D eigenvalue weighted by atomic mass is 10.1. The number of morpholine rings is 2. The number of ether oxygens (including phenoxy) is 2. The normalized spacial score (nSPS) is 15.5. The van der Waals surface area contributed by atoms with Crippen molar-refractivity contribution in [3.8, 4) is 11.8 Å². The second-order valence-electron chi connectivity index (χ2n) is 9.86. The van der Waals surface area contributed by atoms with Gasteiger partial charge in [-0.05, 0) is 30.7 Å². The Bertz CT molecular complexity index is 1360. The SMILES string of the molecule is Cc1ncc(NC(=O)NCc2cccc(N3CCOCC3)c2)cc1C#Cc1cnc(NCCN2CCOCC2)nc1. The molecular formula is C30H36N8O3. The molecule has 3 N–H and O–H groups in total. The molecule has 2 saturated heterocycles. The molecule has 0 spiro atoms. The number of aryl methyl sites for hydroxylation is 1. The van der Waals surface area contributed by atoms with Crippen LogP contribution < -0.4 is 20.9 Å². The van der Waals surface area contributed by atoms with Gasteiger partial charge in [-0.25, -0.2) is 14.8 Å². The van der Waals surface area contributed by atoms with Crippen LogP contribution in [0.3, 0.4) is 0 Å². The smallest absolute Gasteiger partial charge is 0.319 e. The number of hydrogen-bond acceptors (Lipinski definition) is 9. The molecule has 0 bridgehead atoms. The molecule has 11 heteroatoms. The van der Waals surface area contributed by atoms with Crippen LogP contribution in [0.5, 0.6) is 0 Å². The number of nitrogens with one attached hydrogen (secondary N) is 3. The summed E-state index contributed by atoms with van der Waals surface area (Å²) in [6, 6.07) is 9.71. The first-order valence-electron chi connectivity index (χ1n) is 13.9. The number of nitrogens with zero attached hydrogens (tertiary/aromatic N) is 5. The van der Waals surface area contributed by atoms with E-state index in [0.717, 1.165) is 82.6 Å². The third-order valence-corrected chi connectivity index (χ3v) is 6.89. The highest BCUT2D eigenvalue weighted by Crippen LogP contribution is 2.18. The van der Waals surface area contributed by atoms with Crippen LogP contribution in [0, 0.1) is 18.8 Å². The molecule has 11 nitrogen and oxygen atoms in total.